The molecule has 1 aromatic rings. The van der Waals surface area contributed by atoms with Crippen molar-refractivity contribution in [2.75, 3.05) is 0 Å². The minimum Gasteiger partial charge on any atom is -0.388 e. The smallest absolute Gasteiger partial charge is 0.253 e. The van der Waals surface area contributed by atoms with Crippen molar-refractivity contribution in [3.63, 3.8) is 0 Å². The molecular formula is C8H11NO2. The number of nitrogens with one attached hydrogen (secondary N) is 1. The molecule has 3 heteroatoms. The largest absolute Gasteiger partial charge is 0.388 e. The van der Waals surface area contributed by atoms with E-state index in [9.17, 15) is 9.90 Å². The Morgan fingerprint density at radius 2 is 2.45 bits per heavy atom. The summed E-state index contributed by atoms with van der Waals surface area (Å²) in [4.78, 5) is 13.5. The standard InChI is InChI=1S/C8H11NO2/c1-2-7(10)6-4-3-5-9-8(6)11/h3-5,7,10H,2H2,1H3,(H,9,11). The van der Waals surface area contributed by atoms with E-state index in [1.54, 1.807) is 18.3 Å². The molecule has 1 aromatic heterocycles. The molecular weight excluding hydrogens is 142 g/mol. The second-order valence-electron chi connectivity index (χ2n) is 2.38. The molecule has 1 atom stereocenters. The third-order valence-electron chi connectivity index (χ3n) is 1.59. The van der Waals surface area contributed by atoms with Crippen LogP contribution in [-0.2, 0) is 0 Å². The van der Waals surface area contributed by atoms with Gasteiger partial charge in [-0.3, -0.25) is 4.79 Å². The van der Waals surface area contributed by atoms with Crippen LogP contribution in [0.3, 0.4) is 0 Å². The number of aliphatic hydroxyl groups excluding tert-OH is 1. The number of aliphatic hydroxyl groups is 1. The zero-order chi connectivity index (χ0) is 8.27. The third-order valence-corrected chi connectivity index (χ3v) is 1.59. The van der Waals surface area contributed by atoms with Gasteiger partial charge in [0.2, 0.25) is 0 Å². The Labute approximate surface area is 64.7 Å². The van der Waals surface area contributed by atoms with Crippen molar-refractivity contribution in [1.82, 2.24) is 4.98 Å². The SMILES string of the molecule is CCC(O)c1ccc[nH]c1=O. The van der Waals surface area contributed by atoms with E-state index in [-0.39, 0.29) is 5.56 Å². The minimum absolute atomic E-state index is 0.207. The van der Waals surface area contributed by atoms with Crippen LogP contribution in [-0.4, -0.2) is 10.1 Å². The molecule has 0 saturated carbocycles. The summed E-state index contributed by atoms with van der Waals surface area (Å²) in [5.41, 5.74) is 0.233. The lowest BCUT2D eigenvalue weighted by molar-refractivity contribution is 0.172. The van der Waals surface area contributed by atoms with Crippen molar-refractivity contribution in [2.45, 2.75) is 19.4 Å². The van der Waals surface area contributed by atoms with Gasteiger partial charge < -0.3 is 10.1 Å². The number of aromatic amines is 1. The van der Waals surface area contributed by atoms with Crippen LogP contribution in [0, 0.1) is 0 Å². The van der Waals surface area contributed by atoms with Gasteiger partial charge in [0.1, 0.15) is 0 Å². The van der Waals surface area contributed by atoms with E-state index in [1.807, 2.05) is 6.92 Å². The van der Waals surface area contributed by atoms with E-state index in [0.717, 1.165) is 0 Å². The molecule has 0 bridgehead atoms. The van der Waals surface area contributed by atoms with Gasteiger partial charge in [0.25, 0.3) is 5.56 Å². The molecule has 0 aliphatic heterocycles. The van der Waals surface area contributed by atoms with Gasteiger partial charge in [-0.05, 0) is 18.6 Å². The number of pyridine rings is 1. The summed E-state index contributed by atoms with van der Waals surface area (Å²) >= 11 is 0. The van der Waals surface area contributed by atoms with Crippen molar-refractivity contribution in [2.24, 2.45) is 0 Å². The van der Waals surface area contributed by atoms with E-state index in [0.29, 0.717) is 12.0 Å². The van der Waals surface area contributed by atoms with Crippen molar-refractivity contribution < 1.29 is 5.11 Å². The maximum absolute atomic E-state index is 11.0. The van der Waals surface area contributed by atoms with Crippen LogP contribution in [0.2, 0.25) is 0 Å². The fraction of sp³-hybridized carbons (Fsp3) is 0.375. The van der Waals surface area contributed by atoms with Crippen LogP contribution in [0.15, 0.2) is 23.1 Å². The number of rotatable bonds is 2. The molecule has 11 heavy (non-hydrogen) atoms. The molecule has 1 unspecified atom stereocenters. The van der Waals surface area contributed by atoms with E-state index in [4.69, 9.17) is 0 Å². The first kappa shape index (κ1) is 8.01. The summed E-state index contributed by atoms with van der Waals surface area (Å²) in [5.74, 6) is 0. The van der Waals surface area contributed by atoms with E-state index in [1.165, 1.54) is 0 Å². The maximum Gasteiger partial charge on any atom is 0.253 e. The van der Waals surface area contributed by atoms with Crippen molar-refractivity contribution >= 4 is 0 Å². The predicted molar refractivity (Wildman–Crippen MR) is 42.3 cm³/mol. The molecule has 0 radical (unpaired) electrons. The molecule has 0 spiro atoms. The average molecular weight is 153 g/mol. The monoisotopic (exact) mass is 153 g/mol. The quantitative estimate of drug-likeness (QED) is 0.660. The minimum atomic E-state index is -0.639. The van der Waals surface area contributed by atoms with Gasteiger partial charge in [-0.2, -0.15) is 0 Å². The van der Waals surface area contributed by atoms with Crippen LogP contribution < -0.4 is 5.56 Å². The fourth-order valence-corrected chi connectivity index (χ4v) is 0.917. The van der Waals surface area contributed by atoms with Crippen LogP contribution in [0.4, 0.5) is 0 Å². The van der Waals surface area contributed by atoms with Crippen LogP contribution in [0.5, 0.6) is 0 Å². The first-order valence-electron chi connectivity index (χ1n) is 3.61. The first-order chi connectivity index (χ1) is 5.25. The lowest BCUT2D eigenvalue weighted by Crippen LogP contribution is -2.14. The van der Waals surface area contributed by atoms with Gasteiger partial charge in [0.15, 0.2) is 0 Å². The fourth-order valence-electron chi connectivity index (χ4n) is 0.917. The molecule has 60 valence electrons. The number of hydrogen-bond acceptors (Lipinski definition) is 2. The highest BCUT2D eigenvalue weighted by Gasteiger charge is 2.06. The van der Waals surface area contributed by atoms with Crippen LogP contribution in [0.25, 0.3) is 0 Å². The highest BCUT2D eigenvalue weighted by molar-refractivity contribution is 5.11. The zero-order valence-electron chi connectivity index (χ0n) is 6.37. The molecule has 0 aliphatic carbocycles. The van der Waals surface area contributed by atoms with E-state index >= 15 is 0 Å². The van der Waals surface area contributed by atoms with Gasteiger partial charge in [0.05, 0.1) is 6.10 Å². The number of aromatic nitrogens is 1. The summed E-state index contributed by atoms with van der Waals surface area (Å²) < 4.78 is 0. The Morgan fingerprint density at radius 1 is 1.73 bits per heavy atom. The molecule has 3 nitrogen and oxygen atoms in total. The molecule has 0 aromatic carbocycles. The van der Waals surface area contributed by atoms with Crippen molar-refractivity contribution in [3.8, 4) is 0 Å². The third kappa shape index (κ3) is 1.68. The Bertz CT molecular complexity index is 279. The Hall–Kier alpha value is -1.09. The second-order valence-corrected chi connectivity index (χ2v) is 2.38. The summed E-state index contributed by atoms with van der Waals surface area (Å²) in [7, 11) is 0. The van der Waals surface area contributed by atoms with Gasteiger partial charge in [-0.25, -0.2) is 0 Å². The predicted octanol–water partition coefficient (Wildman–Crippen LogP) is 0.818. The molecule has 1 heterocycles. The molecule has 0 fully saturated rings. The van der Waals surface area contributed by atoms with Crippen molar-refractivity contribution in [1.29, 1.82) is 0 Å². The molecule has 0 aliphatic rings. The first-order valence-corrected chi connectivity index (χ1v) is 3.61. The molecule has 0 saturated heterocycles. The molecule has 2 N–H and O–H groups in total. The Kier molecular flexibility index (Phi) is 2.44. The Balaban J connectivity index is 3.03. The lowest BCUT2D eigenvalue weighted by Gasteiger charge is -2.04. The number of H-pyrrole nitrogens is 1. The highest BCUT2D eigenvalue weighted by Crippen LogP contribution is 2.09. The summed E-state index contributed by atoms with van der Waals surface area (Å²) in [5, 5.41) is 9.29. The lowest BCUT2D eigenvalue weighted by atomic mass is 10.1. The van der Waals surface area contributed by atoms with Gasteiger partial charge in [-0.1, -0.05) is 6.92 Å². The maximum atomic E-state index is 11.0. The number of hydrogen-bond donors (Lipinski definition) is 2. The van der Waals surface area contributed by atoms with Gasteiger partial charge in [0, 0.05) is 11.8 Å². The van der Waals surface area contributed by atoms with Crippen LogP contribution in [0.1, 0.15) is 25.0 Å². The average Bonchev–Trinajstić information content (AvgIpc) is 2.04. The second kappa shape index (κ2) is 3.34. The normalized spacial score (nSPS) is 12.9. The summed E-state index contributed by atoms with van der Waals surface area (Å²) in [6.45, 7) is 1.83. The van der Waals surface area contributed by atoms with Gasteiger partial charge >= 0.3 is 0 Å². The van der Waals surface area contributed by atoms with Gasteiger partial charge in [-0.15, -0.1) is 0 Å². The van der Waals surface area contributed by atoms with Crippen LogP contribution >= 0.6 is 0 Å². The van der Waals surface area contributed by atoms with Crippen molar-refractivity contribution in [3.05, 3.63) is 34.2 Å². The Morgan fingerprint density at radius 3 is 3.00 bits per heavy atom. The summed E-state index contributed by atoms with van der Waals surface area (Å²) in [6, 6.07) is 3.34. The topological polar surface area (TPSA) is 53.1 Å². The molecule has 1 rings (SSSR count). The van der Waals surface area contributed by atoms with E-state index < -0.39 is 6.10 Å². The summed E-state index contributed by atoms with van der Waals surface area (Å²) in [6.07, 6.45) is 1.47. The molecule has 0 amide bonds. The highest BCUT2D eigenvalue weighted by atomic mass is 16.3. The van der Waals surface area contributed by atoms with E-state index in [2.05, 4.69) is 4.98 Å². The zero-order valence-corrected chi connectivity index (χ0v) is 6.37.